The second-order valence-corrected chi connectivity index (χ2v) is 11.2. The Morgan fingerprint density at radius 2 is 1.55 bits per heavy atom. The van der Waals surface area contributed by atoms with Crippen LogP contribution in [0.1, 0.15) is 26.4 Å². The van der Waals surface area contributed by atoms with Crippen LogP contribution in [0.3, 0.4) is 0 Å². The zero-order chi connectivity index (χ0) is 23.6. The molecule has 7 heteroatoms. The van der Waals surface area contributed by atoms with E-state index in [4.69, 9.17) is 0 Å². The van der Waals surface area contributed by atoms with Gasteiger partial charge in [0.25, 0.3) is 5.91 Å². The minimum atomic E-state index is -3.49. The highest BCUT2D eigenvalue weighted by molar-refractivity contribution is 7.92. The Morgan fingerprint density at radius 3 is 2.21 bits per heavy atom. The van der Waals surface area contributed by atoms with Crippen LogP contribution in [0, 0.1) is 6.92 Å². The average Bonchev–Trinajstić information content (AvgIpc) is 3.21. The molecule has 0 aliphatic heterocycles. The van der Waals surface area contributed by atoms with Crippen molar-refractivity contribution in [3.63, 3.8) is 0 Å². The molecule has 0 radical (unpaired) electrons. The summed E-state index contributed by atoms with van der Waals surface area (Å²) in [6, 6.07) is 25.1. The largest absolute Gasteiger partial charge is 0.337 e. The predicted octanol–water partition coefficient (Wildman–Crippen LogP) is 5.45. The fourth-order valence-electron chi connectivity index (χ4n) is 3.67. The molecule has 0 unspecified atom stereocenters. The average molecular weight is 479 g/mol. The lowest BCUT2D eigenvalue weighted by Gasteiger charge is -2.22. The van der Waals surface area contributed by atoms with Gasteiger partial charge in [0.1, 0.15) is 0 Å². The third kappa shape index (κ3) is 5.43. The smallest absolute Gasteiger partial charge is 0.264 e. The molecule has 0 atom stereocenters. The van der Waals surface area contributed by atoms with Gasteiger partial charge in [-0.2, -0.15) is 0 Å². The summed E-state index contributed by atoms with van der Waals surface area (Å²) < 4.78 is 27.5. The maximum atomic E-state index is 13.0. The van der Waals surface area contributed by atoms with E-state index in [-0.39, 0.29) is 12.5 Å². The number of nitrogens with zero attached hydrogens (tertiary/aromatic N) is 2. The molecule has 1 aromatic heterocycles. The second-order valence-electron chi connectivity index (χ2n) is 8.23. The molecule has 0 bridgehead atoms. The molecule has 3 aromatic carbocycles. The van der Waals surface area contributed by atoms with Crippen LogP contribution in [-0.4, -0.2) is 32.5 Å². The third-order valence-electron chi connectivity index (χ3n) is 5.46. The number of carbonyl (C=O) groups is 1. The molecule has 0 saturated heterocycles. The van der Waals surface area contributed by atoms with E-state index >= 15 is 0 Å². The SMILES string of the molecule is Cc1ccc(CN(c2ccc3sc(C(=O)N(C)Cc4ccccc4)cc3c2)S(C)(=O)=O)cc1. The molecule has 0 aliphatic rings. The molecule has 5 nitrogen and oxygen atoms in total. The number of rotatable bonds is 7. The van der Waals surface area contributed by atoms with Crippen molar-refractivity contribution in [1.82, 2.24) is 4.90 Å². The summed E-state index contributed by atoms with van der Waals surface area (Å²) in [6.07, 6.45) is 1.21. The van der Waals surface area contributed by atoms with Gasteiger partial charge in [-0.3, -0.25) is 9.10 Å². The fraction of sp³-hybridized carbons (Fsp3) is 0.192. The van der Waals surface area contributed by atoms with Crippen molar-refractivity contribution in [2.24, 2.45) is 0 Å². The highest BCUT2D eigenvalue weighted by atomic mass is 32.2. The van der Waals surface area contributed by atoms with E-state index in [1.807, 2.05) is 79.7 Å². The molecule has 0 aliphatic carbocycles. The van der Waals surface area contributed by atoms with Crippen LogP contribution in [0.15, 0.2) is 78.9 Å². The number of thiophene rings is 1. The lowest BCUT2D eigenvalue weighted by molar-refractivity contribution is 0.0790. The summed E-state index contributed by atoms with van der Waals surface area (Å²) in [6.45, 7) is 2.77. The second kappa shape index (κ2) is 9.37. The highest BCUT2D eigenvalue weighted by Crippen LogP contribution is 2.32. The number of carbonyl (C=O) groups excluding carboxylic acids is 1. The topological polar surface area (TPSA) is 57.7 Å². The number of aryl methyl sites for hydroxylation is 1. The van der Waals surface area contributed by atoms with Gasteiger partial charge < -0.3 is 4.90 Å². The summed E-state index contributed by atoms with van der Waals surface area (Å²) in [5.74, 6) is -0.0544. The molecular weight excluding hydrogens is 452 g/mol. The van der Waals surface area contributed by atoms with Gasteiger partial charge in [0, 0.05) is 18.3 Å². The minimum absolute atomic E-state index is 0.0544. The van der Waals surface area contributed by atoms with Crippen molar-refractivity contribution in [1.29, 1.82) is 0 Å². The molecule has 0 saturated carbocycles. The number of benzene rings is 3. The van der Waals surface area contributed by atoms with Crippen molar-refractivity contribution in [3.05, 3.63) is 100 Å². The molecule has 4 rings (SSSR count). The molecule has 0 fully saturated rings. The highest BCUT2D eigenvalue weighted by Gasteiger charge is 2.20. The number of hydrogen-bond acceptors (Lipinski definition) is 4. The lowest BCUT2D eigenvalue weighted by atomic mass is 10.1. The molecule has 0 N–H and O–H groups in total. The molecule has 33 heavy (non-hydrogen) atoms. The van der Waals surface area contributed by atoms with Crippen molar-refractivity contribution in [2.45, 2.75) is 20.0 Å². The number of hydrogen-bond donors (Lipinski definition) is 0. The zero-order valence-electron chi connectivity index (χ0n) is 18.9. The first-order valence-electron chi connectivity index (χ1n) is 10.6. The maximum absolute atomic E-state index is 13.0. The van der Waals surface area contributed by atoms with Crippen molar-refractivity contribution in [2.75, 3.05) is 17.6 Å². The Balaban J connectivity index is 1.60. The van der Waals surface area contributed by atoms with Crippen molar-refractivity contribution in [3.8, 4) is 0 Å². The van der Waals surface area contributed by atoms with Gasteiger partial charge in [0.15, 0.2) is 0 Å². The summed E-state index contributed by atoms with van der Waals surface area (Å²) in [4.78, 5) is 15.3. The van der Waals surface area contributed by atoms with E-state index in [9.17, 15) is 13.2 Å². The summed E-state index contributed by atoms with van der Waals surface area (Å²) in [5, 5.41) is 0.853. The van der Waals surface area contributed by atoms with Gasteiger partial charge in [0.05, 0.1) is 23.4 Å². The summed E-state index contributed by atoms with van der Waals surface area (Å²) >= 11 is 1.42. The van der Waals surface area contributed by atoms with E-state index in [0.29, 0.717) is 17.1 Å². The number of amides is 1. The quantitative estimate of drug-likeness (QED) is 0.355. The van der Waals surface area contributed by atoms with E-state index < -0.39 is 10.0 Å². The number of fused-ring (bicyclic) bond motifs is 1. The van der Waals surface area contributed by atoms with E-state index in [1.54, 1.807) is 18.0 Å². The molecule has 170 valence electrons. The first kappa shape index (κ1) is 23.0. The van der Waals surface area contributed by atoms with E-state index in [0.717, 1.165) is 26.8 Å². The van der Waals surface area contributed by atoms with Gasteiger partial charge in [-0.15, -0.1) is 11.3 Å². The predicted molar refractivity (Wildman–Crippen MR) is 136 cm³/mol. The van der Waals surface area contributed by atoms with Gasteiger partial charge >= 0.3 is 0 Å². The van der Waals surface area contributed by atoms with Crippen molar-refractivity contribution >= 4 is 43.0 Å². The number of sulfonamides is 1. The van der Waals surface area contributed by atoms with Gasteiger partial charge in [0.2, 0.25) is 10.0 Å². The Bertz CT molecular complexity index is 1380. The Labute approximate surface area is 198 Å². The van der Waals surface area contributed by atoms with Crippen LogP contribution in [0.2, 0.25) is 0 Å². The van der Waals surface area contributed by atoms with Gasteiger partial charge in [-0.05, 0) is 47.7 Å². The Morgan fingerprint density at radius 1 is 0.879 bits per heavy atom. The standard InChI is InChI=1S/C26H26N2O3S2/c1-19-9-11-21(12-10-19)18-28(33(3,30)31)23-13-14-24-22(15-23)16-25(32-24)26(29)27(2)17-20-7-5-4-6-8-20/h4-16H,17-18H2,1-3H3. The van der Waals surface area contributed by atoms with Crippen LogP contribution >= 0.6 is 11.3 Å². The molecule has 4 aromatic rings. The Kier molecular flexibility index (Phi) is 6.54. The number of anilines is 1. The van der Waals surface area contributed by atoms with Crippen LogP contribution in [0.25, 0.3) is 10.1 Å². The van der Waals surface area contributed by atoms with Crippen LogP contribution in [0.4, 0.5) is 5.69 Å². The zero-order valence-corrected chi connectivity index (χ0v) is 20.5. The first-order chi connectivity index (χ1) is 15.7. The molecule has 0 spiro atoms. The normalized spacial score (nSPS) is 11.5. The minimum Gasteiger partial charge on any atom is -0.337 e. The van der Waals surface area contributed by atoms with E-state index in [2.05, 4.69) is 0 Å². The monoisotopic (exact) mass is 478 g/mol. The van der Waals surface area contributed by atoms with Crippen molar-refractivity contribution < 1.29 is 13.2 Å². The molecule has 1 heterocycles. The summed E-state index contributed by atoms with van der Waals surface area (Å²) in [7, 11) is -1.70. The van der Waals surface area contributed by atoms with Gasteiger partial charge in [-0.1, -0.05) is 60.2 Å². The molecular formula is C26H26N2O3S2. The Hall–Kier alpha value is -3.16. The maximum Gasteiger partial charge on any atom is 0.264 e. The van der Waals surface area contributed by atoms with Gasteiger partial charge in [-0.25, -0.2) is 8.42 Å². The van der Waals surface area contributed by atoms with Crippen LogP contribution in [0.5, 0.6) is 0 Å². The van der Waals surface area contributed by atoms with E-state index in [1.165, 1.54) is 21.9 Å². The molecule has 1 amide bonds. The fourth-order valence-corrected chi connectivity index (χ4v) is 5.59. The van der Waals surface area contributed by atoms with Crippen LogP contribution < -0.4 is 4.31 Å². The summed E-state index contributed by atoms with van der Waals surface area (Å²) in [5.41, 5.74) is 3.69. The first-order valence-corrected chi connectivity index (χ1v) is 13.2. The van der Waals surface area contributed by atoms with Crippen LogP contribution in [-0.2, 0) is 23.1 Å². The lowest BCUT2D eigenvalue weighted by Crippen LogP contribution is -2.29. The third-order valence-corrected chi connectivity index (χ3v) is 7.70.